The van der Waals surface area contributed by atoms with Crippen molar-refractivity contribution >= 4 is 5.65 Å². The van der Waals surface area contributed by atoms with Crippen LogP contribution in [0.4, 0.5) is 4.39 Å². The number of imidazole rings is 1. The molecule has 0 spiro atoms. The van der Waals surface area contributed by atoms with E-state index >= 15 is 0 Å². The first kappa shape index (κ1) is 14.5. The van der Waals surface area contributed by atoms with Crippen molar-refractivity contribution in [2.45, 2.75) is 26.6 Å². The number of aromatic nitrogens is 3. The van der Waals surface area contributed by atoms with Gasteiger partial charge in [0.1, 0.15) is 18.1 Å². The third kappa shape index (κ3) is 2.53. The predicted molar refractivity (Wildman–Crippen MR) is 79.1 cm³/mol. The lowest BCUT2D eigenvalue weighted by Gasteiger charge is -2.09. The van der Waals surface area contributed by atoms with Crippen LogP contribution >= 0.6 is 0 Å². The fraction of sp³-hybridized carbons (Fsp3) is 0.250. The Labute approximate surface area is 127 Å². The molecule has 0 saturated heterocycles. The number of rotatable bonds is 4. The Bertz CT molecular complexity index is 814. The van der Waals surface area contributed by atoms with E-state index in [0.717, 1.165) is 5.69 Å². The van der Waals surface area contributed by atoms with E-state index in [9.17, 15) is 9.50 Å². The summed E-state index contributed by atoms with van der Waals surface area (Å²) in [4.78, 5) is 8.39. The lowest BCUT2D eigenvalue weighted by molar-refractivity contribution is 0.192. The number of aliphatic hydroxyl groups excluding tert-OH is 1. The molecule has 1 atom stereocenters. The Kier molecular flexibility index (Phi) is 3.77. The summed E-state index contributed by atoms with van der Waals surface area (Å²) in [6.07, 6.45) is 2.69. The Morgan fingerprint density at radius 2 is 2.18 bits per heavy atom. The van der Waals surface area contributed by atoms with Crippen LogP contribution in [0.15, 0.2) is 36.7 Å². The predicted octanol–water partition coefficient (Wildman–Crippen LogP) is 2.81. The Morgan fingerprint density at radius 3 is 2.91 bits per heavy atom. The largest absolute Gasteiger partial charge is 0.483 e. The van der Waals surface area contributed by atoms with Crippen molar-refractivity contribution in [3.8, 4) is 5.75 Å². The van der Waals surface area contributed by atoms with Crippen molar-refractivity contribution in [1.29, 1.82) is 0 Å². The number of aryl methyl sites for hydroxylation is 1. The lowest BCUT2D eigenvalue weighted by atomic mass is 10.2. The van der Waals surface area contributed by atoms with Gasteiger partial charge in [0.05, 0.1) is 17.5 Å². The van der Waals surface area contributed by atoms with Crippen molar-refractivity contribution in [1.82, 2.24) is 14.4 Å². The highest BCUT2D eigenvalue weighted by molar-refractivity contribution is 5.56. The minimum absolute atomic E-state index is 0.0161. The first-order valence-corrected chi connectivity index (χ1v) is 6.95. The van der Waals surface area contributed by atoms with E-state index in [1.165, 1.54) is 18.3 Å². The molecule has 1 N–H and O–H groups in total. The molecule has 22 heavy (non-hydrogen) atoms. The van der Waals surface area contributed by atoms with Gasteiger partial charge >= 0.3 is 0 Å². The van der Waals surface area contributed by atoms with Gasteiger partial charge in [0, 0.05) is 12.4 Å². The molecule has 114 valence electrons. The van der Waals surface area contributed by atoms with Crippen LogP contribution in [0.25, 0.3) is 5.65 Å². The lowest BCUT2D eigenvalue weighted by Crippen LogP contribution is -2.03. The number of hydrogen-bond acceptors (Lipinski definition) is 4. The molecular weight excluding hydrogens is 285 g/mol. The first-order valence-electron chi connectivity index (χ1n) is 6.95. The van der Waals surface area contributed by atoms with E-state index in [1.54, 1.807) is 23.5 Å². The summed E-state index contributed by atoms with van der Waals surface area (Å²) >= 11 is 0. The third-order valence-electron chi connectivity index (χ3n) is 3.43. The zero-order valence-electron chi connectivity index (χ0n) is 12.3. The van der Waals surface area contributed by atoms with Crippen molar-refractivity contribution < 1.29 is 14.2 Å². The Hall–Kier alpha value is -2.47. The molecule has 0 aliphatic heterocycles. The van der Waals surface area contributed by atoms with Crippen LogP contribution in [0.1, 0.15) is 30.1 Å². The normalized spacial score (nSPS) is 12.5. The van der Waals surface area contributed by atoms with Crippen molar-refractivity contribution in [3.63, 3.8) is 0 Å². The van der Waals surface area contributed by atoms with Gasteiger partial charge in [-0.25, -0.2) is 9.37 Å². The number of hydrogen-bond donors (Lipinski definition) is 1. The van der Waals surface area contributed by atoms with Crippen molar-refractivity contribution in [2.75, 3.05) is 0 Å². The van der Waals surface area contributed by atoms with Gasteiger partial charge in [0.2, 0.25) is 0 Å². The summed E-state index contributed by atoms with van der Waals surface area (Å²) in [5, 5.41) is 9.87. The number of pyridine rings is 2. The van der Waals surface area contributed by atoms with Crippen LogP contribution in [-0.4, -0.2) is 19.5 Å². The summed E-state index contributed by atoms with van der Waals surface area (Å²) in [6.45, 7) is 3.53. The van der Waals surface area contributed by atoms with E-state index in [1.807, 2.05) is 13.1 Å². The van der Waals surface area contributed by atoms with Crippen LogP contribution in [-0.2, 0) is 6.61 Å². The highest BCUT2D eigenvalue weighted by Gasteiger charge is 2.16. The van der Waals surface area contributed by atoms with Crippen molar-refractivity contribution in [3.05, 3.63) is 59.6 Å². The van der Waals surface area contributed by atoms with Crippen molar-refractivity contribution in [2.24, 2.45) is 0 Å². The number of nitrogens with zero attached hydrogens (tertiary/aromatic N) is 3. The maximum Gasteiger partial charge on any atom is 0.180 e. The third-order valence-corrected chi connectivity index (χ3v) is 3.43. The van der Waals surface area contributed by atoms with Gasteiger partial charge in [-0.05, 0) is 38.1 Å². The van der Waals surface area contributed by atoms with Gasteiger partial charge in [-0.2, -0.15) is 0 Å². The Morgan fingerprint density at radius 1 is 1.36 bits per heavy atom. The molecule has 0 amide bonds. The second-order valence-corrected chi connectivity index (χ2v) is 5.05. The van der Waals surface area contributed by atoms with Crippen LogP contribution in [0.3, 0.4) is 0 Å². The molecule has 0 fully saturated rings. The summed E-state index contributed by atoms with van der Waals surface area (Å²) in [5.74, 6) is 0.112. The smallest absolute Gasteiger partial charge is 0.180 e. The molecule has 0 aromatic carbocycles. The molecule has 5 nitrogen and oxygen atoms in total. The number of ether oxygens (including phenoxy) is 1. The van der Waals surface area contributed by atoms with Gasteiger partial charge in [0.25, 0.3) is 0 Å². The Balaban J connectivity index is 1.95. The first-order chi connectivity index (χ1) is 10.6. The fourth-order valence-electron chi connectivity index (χ4n) is 2.46. The standard InChI is InChI=1S/C16H16FN3O2/c1-10-15(11(2)21)20-8-4-6-14(16(20)19-10)22-9-13-12(17)5-3-7-18-13/h3-8,11,21H,9H2,1-2H3. The number of aliphatic hydroxyl groups is 1. The fourth-order valence-corrected chi connectivity index (χ4v) is 2.46. The van der Waals surface area contributed by atoms with E-state index in [2.05, 4.69) is 9.97 Å². The highest BCUT2D eigenvalue weighted by Crippen LogP contribution is 2.26. The van der Waals surface area contributed by atoms with Crippen LogP contribution in [0.5, 0.6) is 5.75 Å². The van der Waals surface area contributed by atoms with Crippen LogP contribution < -0.4 is 4.74 Å². The quantitative estimate of drug-likeness (QED) is 0.805. The molecule has 1 unspecified atom stereocenters. The number of fused-ring (bicyclic) bond motifs is 1. The zero-order valence-corrected chi connectivity index (χ0v) is 12.3. The molecule has 0 bridgehead atoms. The average molecular weight is 301 g/mol. The van der Waals surface area contributed by atoms with Gasteiger partial charge in [0.15, 0.2) is 11.4 Å². The minimum Gasteiger partial charge on any atom is -0.483 e. The monoisotopic (exact) mass is 301 g/mol. The van der Waals surface area contributed by atoms with E-state index < -0.39 is 11.9 Å². The summed E-state index contributed by atoms with van der Waals surface area (Å²) in [6, 6.07) is 6.43. The molecule has 6 heteroatoms. The topological polar surface area (TPSA) is 59.7 Å². The van der Waals surface area contributed by atoms with Gasteiger partial charge < -0.3 is 9.84 Å². The molecular formula is C16H16FN3O2. The zero-order chi connectivity index (χ0) is 15.7. The summed E-state index contributed by atoms with van der Waals surface area (Å²) in [5.41, 5.74) is 2.27. The maximum atomic E-state index is 13.6. The highest BCUT2D eigenvalue weighted by atomic mass is 19.1. The average Bonchev–Trinajstić information content (AvgIpc) is 2.83. The molecule has 3 aromatic heterocycles. The van der Waals surface area contributed by atoms with Crippen LogP contribution in [0, 0.1) is 12.7 Å². The van der Waals surface area contributed by atoms with Crippen LogP contribution in [0.2, 0.25) is 0 Å². The maximum absolute atomic E-state index is 13.6. The molecule has 0 saturated carbocycles. The minimum atomic E-state index is -0.640. The summed E-state index contributed by atoms with van der Waals surface area (Å²) < 4.78 is 21.0. The second-order valence-electron chi connectivity index (χ2n) is 5.05. The SMILES string of the molecule is Cc1nc2c(OCc3ncccc3F)cccn2c1C(C)O. The molecule has 0 aliphatic rings. The molecule has 3 rings (SSSR count). The van der Waals surface area contributed by atoms with E-state index in [-0.39, 0.29) is 12.3 Å². The molecule has 0 aliphatic carbocycles. The molecule has 3 heterocycles. The van der Waals surface area contributed by atoms with Gasteiger partial charge in [-0.1, -0.05) is 0 Å². The van der Waals surface area contributed by atoms with E-state index in [0.29, 0.717) is 17.1 Å². The number of halogens is 1. The molecule has 0 radical (unpaired) electrons. The van der Waals surface area contributed by atoms with E-state index in [4.69, 9.17) is 4.74 Å². The van der Waals surface area contributed by atoms with Gasteiger partial charge in [-0.15, -0.1) is 0 Å². The van der Waals surface area contributed by atoms with Gasteiger partial charge in [-0.3, -0.25) is 9.38 Å². The molecule has 3 aromatic rings. The second kappa shape index (κ2) is 5.73. The summed E-state index contributed by atoms with van der Waals surface area (Å²) in [7, 11) is 0.